The normalized spacial score (nSPS) is 10.8. The zero-order chi connectivity index (χ0) is 14.7. The summed E-state index contributed by atoms with van der Waals surface area (Å²) < 4.78 is 21.0. The lowest BCUT2D eigenvalue weighted by Crippen LogP contribution is -2.08. The number of ether oxygens (including phenoxy) is 1. The average Bonchev–Trinajstić information content (AvgIpc) is 2.69. The average molecular weight is 277 g/mol. The van der Waals surface area contributed by atoms with Crippen molar-refractivity contribution in [3.8, 4) is 5.75 Å². The molecule has 2 rings (SSSR count). The van der Waals surface area contributed by atoms with Crippen molar-refractivity contribution in [2.75, 3.05) is 13.7 Å². The van der Waals surface area contributed by atoms with Crippen molar-refractivity contribution in [3.05, 3.63) is 46.5 Å². The molecule has 0 aliphatic heterocycles. The van der Waals surface area contributed by atoms with Gasteiger partial charge in [-0.25, -0.2) is 4.39 Å². The van der Waals surface area contributed by atoms with Crippen molar-refractivity contribution in [2.24, 2.45) is 5.73 Å². The number of halogens is 1. The Morgan fingerprint density at radius 2 is 2.10 bits per heavy atom. The van der Waals surface area contributed by atoms with Crippen molar-refractivity contribution in [2.45, 2.75) is 26.8 Å². The van der Waals surface area contributed by atoms with E-state index in [2.05, 4.69) is 5.10 Å². The van der Waals surface area contributed by atoms with Crippen LogP contribution in [0.5, 0.6) is 5.75 Å². The summed E-state index contributed by atoms with van der Waals surface area (Å²) in [6.45, 7) is 4.92. The lowest BCUT2D eigenvalue weighted by atomic mass is 10.1. The highest BCUT2D eigenvalue weighted by Crippen LogP contribution is 2.22. The summed E-state index contributed by atoms with van der Waals surface area (Å²) in [6, 6.07) is 5.14. The number of nitrogens with two attached hydrogens (primary N) is 1. The van der Waals surface area contributed by atoms with Crippen molar-refractivity contribution in [1.29, 1.82) is 0 Å². The summed E-state index contributed by atoms with van der Waals surface area (Å²) in [5, 5.41) is 4.47. The SMILES string of the molecule is COc1cccc(Cn2nc(C)c(CCN)c2C)c1F. The van der Waals surface area contributed by atoms with E-state index in [1.165, 1.54) is 7.11 Å². The van der Waals surface area contributed by atoms with Gasteiger partial charge in [0.25, 0.3) is 0 Å². The minimum absolute atomic E-state index is 0.256. The fourth-order valence-electron chi connectivity index (χ4n) is 2.39. The van der Waals surface area contributed by atoms with E-state index in [-0.39, 0.29) is 11.6 Å². The molecular weight excluding hydrogens is 257 g/mol. The predicted octanol–water partition coefficient (Wildman–Crippen LogP) is 2.20. The summed E-state index contributed by atoms with van der Waals surface area (Å²) in [5.74, 6) is -0.0749. The van der Waals surface area contributed by atoms with E-state index in [0.717, 1.165) is 23.4 Å². The molecule has 2 N–H and O–H groups in total. The van der Waals surface area contributed by atoms with Crippen LogP contribution in [0.1, 0.15) is 22.5 Å². The van der Waals surface area contributed by atoms with Crippen LogP contribution in [-0.2, 0) is 13.0 Å². The molecule has 0 unspecified atom stereocenters. The van der Waals surface area contributed by atoms with Crippen LogP contribution in [0.4, 0.5) is 4.39 Å². The minimum atomic E-state index is -0.331. The second-order valence-electron chi connectivity index (χ2n) is 4.78. The third kappa shape index (κ3) is 2.67. The Hall–Kier alpha value is -1.88. The van der Waals surface area contributed by atoms with Gasteiger partial charge in [0.15, 0.2) is 11.6 Å². The molecule has 4 nitrogen and oxygen atoms in total. The van der Waals surface area contributed by atoms with Crippen LogP contribution in [0.25, 0.3) is 0 Å². The number of rotatable bonds is 5. The number of benzene rings is 1. The van der Waals surface area contributed by atoms with Gasteiger partial charge in [0.2, 0.25) is 0 Å². The van der Waals surface area contributed by atoms with E-state index in [1.54, 1.807) is 18.2 Å². The smallest absolute Gasteiger partial charge is 0.170 e. The molecule has 1 heterocycles. The Balaban J connectivity index is 2.33. The molecule has 20 heavy (non-hydrogen) atoms. The summed E-state index contributed by atoms with van der Waals surface area (Å²) in [4.78, 5) is 0. The molecule has 0 saturated heterocycles. The number of aromatic nitrogens is 2. The zero-order valence-corrected chi connectivity index (χ0v) is 12.1. The lowest BCUT2D eigenvalue weighted by molar-refractivity contribution is 0.383. The van der Waals surface area contributed by atoms with Gasteiger partial charge in [0, 0.05) is 11.3 Å². The number of nitrogens with zero attached hydrogens (tertiary/aromatic N) is 2. The van der Waals surface area contributed by atoms with Gasteiger partial charge in [0.1, 0.15) is 0 Å². The molecule has 0 radical (unpaired) electrons. The molecule has 0 fully saturated rings. The first kappa shape index (κ1) is 14.5. The third-order valence-corrected chi connectivity index (χ3v) is 3.51. The monoisotopic (exact) mass is 277 g/mol. The predicted molar refractivity (Wildman–Crippen MR) is 76.5 cm³/mol. The largest absolute Gasteiger partial charge is 0.494 e. The van der Waals surface area contributed by atoms with Crippen LogP contribution in [0.3, 0.4) is 0 Å². The summed E-state index contributed by atoms with van der Waals surface area (Å²) in [7, 11) is 1.46. The van der Waals surface area contributed by atoms with Crippen molar-refractivity contribution >= 4 is 0 Å². The van der Waals surface area contributed by atoms with Gasteiger partial charge in [-0.3, -0.25) is 4.68 Å². The molecule has 1 aromatic carbocycles. The van der Waals surface area contributed by atoms with Crippen LogP contribution in [0.2, 0.25) is 0 Å². The Kier molecular flexibility index (Phi) is 4.39. The minimum Gasteiger partial charge on any atom is -0.494 e. The van der Waals surface area contributed by atoms with Crippen molar-refractivity contribution in [1.82, 2.24) is 9.78 Å². The number of methoxy groups -OCH3 is 1. The molecule has 108 valence electrons. The highest BCUT2D eigenvalue weighted by molar-refractivity contribution is 5.32. The van der Waals surface area contributed by atoms with Crippen LogP contribution >= 0.6 is 0 Å². The standard InChI is InChI=1S/C15H20FN3O/c1-10-13(7-8-17)11(2)19(18-10)9-12-5-4-6-14(20-3)15(12)16/h4-6H,7-9,17H2,1-3H3. The fourth-order valence-corrected chi connectivity index (χ4v) is 2.39. The molecule has 0 atom stereocenters. The first-order valence-corrected chi connectivity index (χ1v) is 6.62. The lowest BCUT2D eigenvalue weighted by Gasteiger charge is -2.09. The van der Waals surface area contributed by atoms with Crippen LogP contribution in [0, 0.1) is 19.7 Å². The number of hydrogen-bond acceptors (Lipinski definition) is 3. The molecular formula is C15H20FN3O. The first-order valence-electron chi connectivity index (χ1n) is 6.62. The maximum atomic E-state index is 14.2. The number of hydrogen-bond donors (Lipinski definition) is 1. The molecule has 2 aromatic rings. The van der Waals surface area contributed by atoms with Crippen LogP contribution in [0.15, 0.2) is 18.2 Å². The topological polar surface area (TPSA) is 53.1 Å². The Morgan fingerprint density at radius 3 is 2.75 bits per heavy atom. The molecule has 5 heteroatoms. The van der Waals surface area contributed by atoms with E-state index in [9.17, 15) is 4.39 Å². The van der Waals surface area contributed by atoms with Crippen molar-refractivity contribution < 1.29 is 9.13 Å². The van der Waals surface area contributed by atoms with E-state index in [0.29, 0.717) is 18.7 Å². The van der Waals surface area contributed by atoms with Gasteiger partial charge in [-0.05, 0) is 38.4 Å². The van der Waals surface area contributed by atoms with Crippen LogP contribution in [-0.4, -0.2) is 23.4 Å². The maximum absolute atomic E-state index is 14.2. The highest BCUT2D eigenvalue weighted by Gasteiger charge is 2.14. The van der Waals surface area contributed by atoms with Gasteiger partial charge >= 0.3 is 0 Å². The molecule has 0 saturated carbocycles. The van der Waals surface area contributed by atoms with Crippen molar-refractivity contribution in [3.63, 3.8) is 0 Å². The quantitative estimate of drug-likeness (QED) is 0.911. The number of aryl methyl sites for hydroxylation is 1. The van der Waals surface area contributed by atoms with E-state index >= 15 is 0 Å². The Labute approximate surface area is 118 Å². The molecule has 0 bridgehead atoms. The zero-order valence-electron chi connectivity index (χ0n) is 12.1. The molecule has 0 aliphatic rings. The second kappa shape index (κ2) is 6.05. The van der Waals surface area contributed by atoms with Crippen LogP contribution < -0.4 is 10.5 Å². The third-order valence-electron chi connectivity index (χ3n) is 3.51. The van der Waals surface area contributed by atoms with Gasteiger partial charge in [-0.1, -0.05) is 12.1 Å². The van der Waals surface area contributed by atoms with Gasteiger partial charge in [-0.2, -0.15) is 5.10 Å². The van der Waals surface area contributed by atoms with E-state index in [1.807, 2.05) is 18.5 Å². The van der Waals surface area contributed by atoms with E-state index in [4.69, 9.17) is 10.5 Å². The Morgan fingerprint density at radius 1 is 1.35 bits per heavy atom. The fraction of sp³-hybridized carbons (Fsp3) is 0.400. The summed E-state index contributed by atoms with van der Waals surface area (Å²) >= 11 is 0. The van der Waals surface area contributed by atoms with Gasteiger partial charge in [0.05, 0.1) is 19.3 Å². The summed E-state index contributed by atoms with van der Waals surface area (Å²) in [5.41, 5.74) is 9.31. The second-order valence-corrected chi connectivity index (χ2v) is 4.78. The van der Waals surface area contributed by atoms with Gasteiger partial charge < -0.3 is 10.5 Å². The molecule has 0 spiro atoms. The maximum Gasteiger partial charge on any atom is 0.170 e. The molecule has 0 amide bonds. The first-order chi connectivity index (χ1) is 9.58. The molecule has 0 aliphatic carbocycles. The Bertz CT molecular complexity index is 607. The highest BCUT2D eigenvalue weighted by atomic mass is 19.1. The summed E-state index contributed by atoms with van der Waals surface area (Å²) in [6.07, 6.45) is 0.790. The van der Waals surface area contributed by atoms with E-state index < -0.39 is 0 Å². The molecule has 1 aromatic heterocycles. The van der Waals surface area contributed by atoms with Gasteiger partial charge in [-0.15, -0.1) is 0 Å².